The summed E-state index contributed by atoms with van der Waals surface area (Å²) < 4.78 is 11.8. The van der Waals surface area contributed by atoms with Crippen molar-refractivity contribution in [3.8, 4) is 0 Å². The first-order valence-electron chi connectivity index (χ1n) is 8.93. The molecule has 1 amide bonds. The second kappa shape index (κ2) is 7.14. The molecule has 1 aromatic carbocycles. The molecule has 0 spiro atoms. The number of carbonyl (C=O) groups is 1. The highest BCUT2D eigenvalue weighted by molar-refractivity contribution is 5.94. The van der Waals surface area contributed by atoms with E-state index in [1.54, 1.807) is 0 Å². The minimum Gasteiger partial charge on any atom is -0.344 e. The summed E-state index contributed by atoms with van der Waals surface area (Å²) in [7, 11) is 0. The molecule has 0 saturated carbocycles. The number of piperidine rings is 1. The standard InChI is InChI=1S/C21H27NO3/c1-5-15(6-2)13-16-7-9-17(10-8-16)20(23)22-12-11-18-19(14-22)25-21(3,4)24-18/h5-10,18-19H,1,11-14H2,2-4H3/b15-6+. The van der Waals surface area contributed by atoms with Crippen LogP contribution >= 0.6 is 0 Å². The highest BCUT2D eigenvalue weighted by Gasteiger charge is 2.44. The Hall–Kier alpha value is -1.91. The Labute approximate surface area is 150 Å². The summed E-state index contributed by atoms with van der Waals surface area (Å²) in [6, 6.07) is 7.86. The number of fused-ring (bicyclic) bond motifs is 1. The largest absolute Gasteiger partial charge is 0.344 e. The molecule has 0 N–H and O–H groups in total. The Bertz CT molecular complexity index is 675. The SMILES string of the molecule is C=C/C(=C\C)Cc1ccc(C(=O)N2CCC3OC(C)(C)OC3C2)cc1. The normalized spacial score (nSPS) is 25.6. The van der Waals surface area contributed by atoms with Gasteiger partial charge in [0, 0.05) is 18.7 Å². The number of hydrogen-bond acceptors (Lipinski definition) is 3. The van der Waals surface area contributed by atoms with E-state index in [9.17, 15) is 4.79 Å². The number of nitrogens with zero attached hydrogens (tertiary/aromatic N) is 1. The molecule has 0 radical (unpaired) electrons. The monoisotopic (exact) mass is 341 g/mol. The summed E-state index contributed by atoms with van der Waals surface area (Å²) in [6.45, 7) is 11.0. The van der Waals surface area contributed by atoms with Crippen molar-refractivity contribution in [3.63, 3.8) is 0 Å². The van der Waals surface area contributed by atoms with Crippen molar-refractivity contribution in [1.29, 1.82) is 0 Å². The molecular weight excluding hydrogens is 314 g/mol. The maximum atomic E-state index is 12.8. The van der Waals surface area contributed by atoms with Crippen molar-refractivity contribution in [2.24, 2.45) is 0 Å². The molecular formula is C21H27NO3. The Morgan fingerprint density at radius 2 is 1.96 bits per heavy atom. The quantitative estimate of drug-likeness (QED) is 0.783. The zero-order valence-corrected chi connectivity index (χ0v) is 15.3. The van der Waals surface area contributed by atoms with Gasteiger partial charge in [-0.1, -0.05) is 30.9 Å². The highest BCUT2D eigenvalue weighted by atomic mass is 16.8. The fraction of sp³-hybridized carbons (Fsp3) is 0.476. The molecule has 2 aliphatic heterocycles. The molecule has 25 heavy (non-hydrogen) atoms. The lowest BCUT2D eigenvalue weighted by atomic mass is 10.0. The molecule has 2 saturated heterocycles. The first-order chi connectivity index (χ1) is 11.9. The third kappa shape index (κ3) is 4.02. The zero-order chi connectivity index (χ0) is 18.0. The first-order valence-corrected chi connectivity index (χ1v) is 8.93. The lowest BCUT2D eigenvalue weighted by Gasteiger charge is -2.33. The Morgan fingerprint density at radius 3 is 2.60 bits per heavy atom. The van der Waals surface area contributed by atoms with Gasteiger partial charge in [-0.15, -0.1) is 0 Å². The molecule has 2 unspecified atom stereocenters. The number of rotatable bonds is 4. The molecule has 2 heterocycles. The maximum Gasteiger partial charge on any atom is 0.253 e. The number of allylic oxidation sites excluding steroid dienone is 3. The minimum atomic E-state index is -0.550. The van der Waals surface area contributed by atoms with Gasteiger partial charge in [0.2, 0.25) is 0 Å². The lowest BCUT2D eigenvalue weighted by molar-refractivity contribution is -0.145. The Kier molecular flexibility index (Phi) is 5.11. The molecule has 0 aromatic heterocycles. The van der Waals surface area contributed by atoms with E-state index in [4.69, 9.17) is 9.47 Å². The van der Waals surface area contributed by atoms with E-state index in [0.29, 0.717) is 13.1 Å². The molecule has 3 rings (SSSR count). The van der Waals surface area contributed by atoms with Gasteiger partial charge < -0.3 is 14.4 Å². The van der Waals surface area contributed by atoms with Gasteiger partial charge in [0.1, 0.15) is 6.10 Å². The second-order valence-electron chi connectivity index (χ2n) is 7.19. The smallest absolute Gasteiger partial charge is 0.253 e. The van der Waals surface area contributed by atoms with Gasteiger partial charge in [-0.05, 0) is 56.9 Å². The van der Waals surface area contributed by atoms with Crippen molar-refractivity contribution < 1.29 is 14.3 Å². The van der Waals surface area contributed by atoms with Crippen molar-refractivity contribution in [2.45, 2.75) is 51.6 Å². The lowest BCUT2D eigenvalue weighted by Crippen LogP contribution is -2.47. The van der Waals surface area contributed by atoms with Gasteiger partial charge in [-0.2, -0.15) is 0 Å². The van der Waals surface area contributed by atoms with Crippen molar-refractivity contribution in [2.75, 3.05) is 13.1 Å². The molecule has 0 bridgehead atoms. The van der Waals surface area contributed by atoms with Crippen LogP contribution in [0.4, 0.5) is 0 Å². The summed E-state index contributed by atoms with van der Waals surface area (Å²) >= 11 is 0. The van der Waals surface area contributed by atoms with E-state index in [1.165, 1.54) is 11.1 Å². The summed E-state index contributed by atoms with van der Waals surface area (Å²) in [5.74, 6) is -0.487. The molecule has 1 aromatic rings. The van der Waals surface area contributed by atoms with E-state index < -0.39 is 5.79 Å². The fourth-order valence-corrected chi connectivity index (χ4v) is 3.56. The Balaban J connectivity index is 1.64. The van der Waals surface area contributed by atoms with E-state index in [1.807, 2.05) is 56.0 Å². The number of hydrogen-bond donors (Lipinski definition) is 0. The molecule has 2 aliphatic rings. The number of amides is 1. The van der Waals surface area contributed by atoms with E-state index in [-0.39, 0.29) is 18.1 Å². The summed E-state index contributed by atoms with van der Waals surface area (Å²) in [5, 5.41) is 0. The molecule has 4 nitrogen and oxygen atoms in total. The Morgan fingerprint density at radius 1 is 1.28 bits per heavy atom. The maximum absolute atomic E-state index is 12.8. The third-order valence-corrected chi connectivity index (χ3v) is 4.90. The van der Waals surface area contributed by atoms with Gasteiger partial charge in [0.05, 0.1) is 6.10 Å². The molecule has 2 fully saturated rings. The minimum absolute atomic E-state index is 0.0307. The zero-order valence-electron chi connectivity index (χ0n) is 15.3. The molecule has 0 aliphatic carbocycles. The van der Waals surface area contributed by atoms with E-state index >= 15 is 0 Å². The predicted octanol–water partition coefficient (Wildman–Crippen LogP) is 3.73. The van der Waals surface area contributed by atoms with Crippen LogP contribution in [-0.4, -0.2) is 41.9 Å². The van der Waals surface area contributed by atoms with Crippen molar-refractivity contribution in [1.82, 2.24) is 4.90 Å². The molecule has 134 valence electrons. The van der Waals surface area contributed by atoms with E-state index in [2.05, 4.69) is 12.7 Å². The van der Waals surface area contributed by atoms with Crippen LogP contribution in [0.2, 0.25) is 0 Å². The summed E-state index contributed by atoms with van der Waals surface area (Å²) in [4.78, 5) is 14.7. The predicted molar refractivity (Wildman–Crippen MR) is 98.4 cm³/mol. The number of likely N-dealkylation sites (tertiary alicyclic amines) is 1. The van der Waals surface area contributed by atoms with Crippen molar-refractivity contribution in [3.05, 3.63) is 59.7 Å². The second-order valence-corrected chi connectivity index (χ2v) is 7.19. The number of benzene rings is 1. The van der Waals surface area contributed by atoms with Gasteiger partial charge in [-0.25, -0.2) is 0 Å². The van der Waals surface area contributed by atoms with Crippen LogP contribution in [0.5, 0.6) is 0 Å². The fourth-order valence-electron chi connectivity index (χ4n) is 3.56. The van der Waals surface area contributed by atoms with Crippen LogP contribution in [0.15, 0.2) is 48.6 Å². The van der Waals surface area contributed by atoms with E-state index in [0.717, 1.165) is 18.4 Å². The van der Waals surface area contributed by atoms with Gasteiger partial charge in [0.25, 0.3) is 5.91 Å². The topological polar surface area (TPSA) is 38.8 Å². The summed E-state index contributed by atoms with van der Waals surface area (Å²) in [6.07, 6.45) is 5.65. The van der Waals surface area contributed by atoms with Gasteiger partial charge in [-0.3, -0.25) is 4.79 Å². The average Bonchev–Trinajstić information content (AvgIpc) is 2.92. The van der Waals surface area contributed by atoms with Gasteiger partial charge >= 0.3 is 0 Å². The molecule has 4 heteroatoms. The van der Waals surface area contributed by atoms with Gasteiger partial charge in [0.15, 0.2) is 5.79 Å². The summed E-state index contributed by atoms with van der Waals surface area (Å²) in [5.41, 5.74) is 3.08. The van der Waals surface area contributed by atoms with Crippen LogP contribution in [0.1, 0.15) is 43.1 Å². The highest BCUT2D eigenvalue weighted by Crippen LogP contribution is 2.33. The van der Waals surface area contributed by atoms with Crippen LogP contribution in [-0.2, 0) is 15.9 Å². The molecule has 2 atom stereocenters. The van der Waals surface area contributed by atoms with Crippen LogP contribution in [0.3, 0.4) is 0 Å². The first kappa shape index (κ1) is 17.9. The van der Waals surface area contributed by atoms with Crippen molar-refractivity contribution >= 4 is 5.91 Å². The average molecular weight is 341 g/mol. The third-order valence-electron chi connectivity index (χ3n) is 4.90. The number of ether oxygens (including phenoxy) is 2. The van der Waals surface area contributed by atoms with Crippen LogP contribution in [0, 0.1) is 0 Å². The van der Waals surface area contributed by atoms with Crippen LogP contribution < -0.4 is 0 Å². The van der Waals surface area contributed by atoms with Crippen LogP contribution in [0.25, 0.3) is 0 Å². The number of carbonyl (C=O) groups excluding carboxylic acids is 1.